The highest BCUT2D eigenvalue weighted by Crippen LogP contribution is 2.24. The Balaban J connectivity index is 2.06. The molecule has 0 bridgehead atoms. The third kappa shape index (κ3) is 1.48. The van der Waals surface area contributed by atoms with Gasteiger partial charge in [-0.1, -0.05) is 17.7 Å². The van der Waals surface area contributed by atoms with Crippen molar-refractivity contribution in [3.8, 4) is 5.69 Å². The van der Waals surface area contributed by atoms with Crippen molar-refractivity contribution >= 4 is 5.69 Å². The fourth-order valence-corrected chi connectivity index (χ4v) is 2.15. The Morgan fingerprint density at radius 2 is 2.06 bits per heavy atom. The van der Waals surface area contributed by atoms with Gasteiger partial charge in [-0.15, -0.1) is 0 Å². The Labute approximate surface area is 95.1 Å². The second-order valence-corrected chi connectivity index (χ2v) is 4.28. The lowest BCUT2D eigenvalue weighted by Gasteiger charge is -2.15. The monoisotopic (exact) mass is 213 g/mol. The highest BCUT2D eigenvalue weighted by molar-refractivity contribution is 5.51. The molecule has 1 aromatic heterocycles. The van der Waals surface area contributed by atoms with Crippen LogP contribution in [0.5, 0.6) is 0 Å². The molecule has 0 spiro atoms. The highest BCUT2D eigenvalue weighted by atomic mass is 15.3. The van der Waals surface area contributed by atoms with Crippen LogP contribution in [0, 0.1) is 6.92 Å². The number of nitrogens with zero attached hydrogens (tertiary/aromatic N) is 2. The van der Waals surface area contributed by atoms with Crippen LogP contribution in [0.1, 0.15) is 17.7 Å². The maximum Gasteiger partial charge on any atom is 0.0763 e. The summed E-state index contributed by atoms with van der Waals surface area (Å²) >= 11 is 0. The minimum absolute atomic E-state index is 1.06. The molecule has 1 N–H and O–H groups in total. The van der Waals surface area contributed by atoms with E-state index in [1.807, 2.05) is 10.9 Å². The SMILES string of the molecule is Cc1ccc(-n2ncc3c2CCCN3)cc1. The maximum absolute atomic E-state index is 4.45. The van der Waals surface area contributed by atoms with Crippen LogP contribution in [0.3, 0.4) is 0 Å². The van der Waals surface area contributed by atoms with Crippen molar-refractivity contribution in [1.29, 1.82) is 0 Å². The molecule has 0 fully saturated rings. The van der Waals surface area contributed by atoms with Crippen LogP contribution in [0.15, 0.2) is 30.5 Å². The molecule has 2 aromatic rings. The van der Waals surface area contributed by atoms with Gasteiger partial charge in [-0.3, -0.25) is 0 Å². The number of rotatable bonds is 1. The minimum atomic E-state index is 1.06. The third-order valence-corrected chi connectivity index (χ3v) is 3.05. The maximum atomic E-state index is 4.45. The molecule has 0 saturated carbocycles. The molecular formula is C13H15N3. The second kappa shape index (κ2) is 3.67. The van der Waals surface area contributed by atoms with E-state index in [0.717, 1.165) is 18.7 Å². The van der Waals surface area contributed by atoms with Gasteiger partial charge in [-0.2, -0.15) is 5.10 Å². The van der Waals surface area contributed by atoms with E-state index in [2.05, 4.69) is 41.6 Å². The summed E-state index contributed by atoms with van der Waals surface area (Å²) in [6.45, 7) is 3.16. The third-order valence-electron chi connectivity index (χ3n) is 3.05. The van der Waals surface area contributed by atoms with E-state index in [0.29, 0.717) is 0 Å². The summed E-state index contributed by atoms with van der Waals surface area (Å²) in [6.07, 6.45) is 4.22. The first-order chi connectivity index (χ1) is 7.84. The molecule has 3 rings (SSSR count). The first-order valence-corrected chi connectivity index (χ1v) is 5.72. The molecule has 0 aliphatic carbocycles. The first kappa shape index (κ1) is 9.46. The van der Waals surface area contributed by atoms with Gasteiger partial charge < -0.3 is 5.32 Å². The van der Waals surface area contributed by atoms with Crippen molar-refractivity contribution in [2.24, 2.45) is 0 Å². The number of fused-ring (bicyclic) bond motifs is 1. The van der Waals surface area contributed by atoms with Gasteiger partial charge in [0.2, 0.25) is 0 Å². The zero-order chi connectivity index (χ0) is 11.0. The molecule has 0 atom stereocenters. The lowest BCUT2D eigenvalue weighted by molar-refractivity contribution is 0.743. The van der Waals surface area contributed by atoms with Crippen molar-refractivity contribution in [3.63, 3.8) is 0 Å². The molecule has 0 unspecified atom stereocenters. The predicted octanol–water partition coefficient (Wildman–Crippen LogP) is 2.54. The molecule has 3 heteroatoms. The van der Waals surface area contributed by atoms with E-state index in [9.17, 15) is 0 Å². The van der Waals surface area contributed by atoms with Crippen LogP contribution >= 0.6 is 0 Å². The number of benzene rings is 1. The van der Waals surface area contributed by atoms with E-state index in [-0.39, 0.29) is 0 Å². The lowest BCUT2D eigenvalue weighted by atomic mass is 10.1. The molecule has 0 saturated heterocycles. The molecular weight excluding hydrogens is 198 g/mol. The Morgan fingerprint density at radius 3 is 2.88 bits per heavy atom. The molecule has 1 aromatic carbocycles. The van der Waals surface area contributed by atoms with E-state index in [1.165, 1.54) is 23.4 Å². The number of anilines is 1. The van der Waals surface area contributed by atoms with Crippen LogP contribution < -0.4 is 5.32 Å². The smallest absolute Gasteiger partial charge is 0.0763 e. The Bertz CT molecular complexity index is 496. The van der Waals surface area contributed by atoms with Gasteiger partial charge in [-0.05, 0) is 31.9 Å². The van der Waals surface area contributed by atoms with Crippen LogP contribution in [0.2, 0.25) is 0 Å². The van der Waals surface area contributed by atoms with Gasteiger partial charge in [0.1, 0.15) is 0 Å². The average Bonchev–Trinajstić information content (AvgIpc) is 2.74. The second-order valence-electron chi connectivity index (χ2n) is 4.28. The van der Waals surface area contributed by atoms with Gasteiger partial charge >= 0.3 is 0 Å². The zero-order valence-electron chi connectivity index (χ0n) is 9.40. The van der Waals surface area contributed by atoms with Gasteiger partial charge in [-0.25, -0.2) is 4.68 Å². The van der Waals surface area contributed by atoms with Crippen molar-refractivity contribution < 1.29 is 0 Å². The van der Waals surface area contributed by atoms with Gasteiger partial charge in [0.15, 0.2) is 0 Å². The van der Waals surface area contributed by atoms with Gasteiger partial charge in [0.25, 0.3) is 0 Å². The molecule has 82 valence electrons. The number of nitrogens with one attached hydrogen (secondary N) is 1. The molecule has 3 nitrogen and oxygen atoms in total. The fourth-order valence-electron chi connectivity index (χ4n) is 2.15. The van der Waals surface area contributed by atoms with E-state index < -0.39 is 0 Å². The lowest BCUT2D eigenvalue weighted by Crippen LogP contribution is -2.13. The number of aryl methyl sites for hydroxylation is 1. The quantitative estimate of drug-likeness (QED) is 0.789. The zero-order valence-corrected chi connectivity index (χ0v) is 9.40. The molecule has 1 aliphatic rings. The Hall–Kier alpha value is -1.77. The highest BCUT2D eigenvalue weighted by Gasteiger charge is 2.15. The summed E-state index contributed by atoms with van der Waals surface area (Å²) in [5.74, 6) is 0. The molecule has 2 heterocycles. The van der Waals surface area contributed by atoms with Crippen LogP contribution in [0.4, 0.5) is 5.69 Å². The minimum Gasteiger partial charge on any atom is -0.382 e. The summed E-state index contributed by atoms with van der Waals surface area (Å²) in [7, 11) is 0. The van der Waals surface area contributed by atoms with Crippen molar-refractivity contribution in [2.75, 3.05) is 11.9 Å². The summed E-state index contributed by atoms with van der Waals surface area (Å²) in [5, 5.41) is 7.83. The largest absolute Gasteiger partial charge is 0.382 e. The molecule has 16 heavy (non-hydrogen) atoms. The number of aromatic nitrogens is 2. The molecule has 0 amide bonds. The average molecular weight is 213 g/mol. The van der Waals surface area contributed by atoms with Crippen molar-refractivity contribution in [2.45, 2.75) is 19.8 Å². The van der Waals surface area contributed by atoms with Crippen LogP contribution in [-0.4, -0.2) is 16.3 Å². The number of hydrogen-bond donors (Lipinski definition) is 1. The molecule has 0 radical (unpaired) electrons. The van der Waals surface area contributed by atoms with E-state index in [4.69, 9.17) is 0 Å². The topological polar surface area (TPSA) is 29.9 Å². The molecule has 1 aliphatic heterocycles. The Morgan fingerprint density at radius 1 is 1.25 bits per heavy atom. The summed E-state index contributed by atoms with van der Waals surface area (Å²) in [5.41, 5.74) is 4.92. The predicted molar refractivity (Wildman–Crippen MR) is 65.1 cm³/mol. The van der Waals surface area contributed by atoms with Crippen LogP contribution in [-0.2, 0) is 6.42 Å². The van der Waals surface area contributed by atoms with Crippen LogP contribution in [0.25, 0.3) is 5.69 Å². The fraction of sp³-hybridized carbons (Fsp3) is 0.308. The van der Waals surface area contributed by atoms with Gasteiger partial charge in [0, 0.05) is 6.54 Å². The van der Waals surface area contributed by atoms with E-state index >= 15 is 0 Å². The summed E-state index contributed by atoms with van der Waals surface area (Å²) in [4.78, 5) is 0. The summed E-state index contributed by atoms with van der Waals surface area (Å²) in [6, 6.07) is 8.49. The van der Waals surface area contributed by atoms with E-state index in [1.54, 1.807) is 0 Å². The normalized spacial score (nSPS) is 14.3. The Kier molecular flexibility index (Phi) is 2.17. The standard InChI is InChI=1S/C13H15N3/c1-10-4-6-11(7-5-10)16-13-3-2-8-14-12(13)9-15-16/h4-7,9,14H,2-3,8H2,1H3. The van der Waals surface area contributed by atoms with Crippen molar-refractivity contribution in [3.05, 3.63) is 41.7 Å². The van der Waals surface area contributed by atoms with Gasteiger partial charge in [0.05, 0.1) is 23.3 Å². The van der Waals surface area contributed by atoms with Crippen molar-refractivity contribution in [1.82, 2.24) is 9.78 Å². The first-order valence-electron chi connectivity index (χ1n) is 5.72. The summed E-state index contributed by atoms with van der Waals surface area (Å²) < 4.78 is 2.04. The number of hydrogen-bond acceptors (Lipinski definition) is 2.